The molecule has 0 N–H and O–H groups in total. The lowest BCUT2D eigenvalue weighted by Crippen LogP contribution is -2.28. The molecule has 0 aliphatic rings. The van der Waals surface area contributed by atoms with E-state index in [1.54, 1.807) is 0 Å². The highest BCUT2D eigenvalue weighted by atomic mass is 16.5. The summed E-state index contributed by atoms with van der Waals surface area (Å²) in [5.74, 6) is 0.861. The van der Waals surface area contributed by atoms with E-state index in [0.29, 0.717) is 6.61 Å². The maximum atomic E-state index is 9.43. The Morgan fingerprint density at radius 2 is 1.89 bits per heavy atom. The van der Waals surface area contributed by atoms with E-state index >= 15 is 0 Å². The molecule has 1 aromatic rings. The van der Waals surface area contributed by atoms with Crippen molar-refractivity contribution in [1.29, 1.82) is 5.26 Å². The summed E-state index contributed by atoms with van der Waals surface area (Å²) in [6, 6.07) is 10.1. The summed E-state index contributed by atoms with van der Waals surface area (Å²) in [5, 5.41) is 9.43. The molecule has 0 radical (unpaired) electrons. The first-order chi connectivity index (χ1) is 9.26. The Morgan fingerprint density at radius 1 is 1.21 bits per heavy atom. The summed E-state index contributed by atoms with van der Waals surface area (Å²) in [6.07, 6.45) is 2.28. The average molecular weight is 260 g/mol. The Morgan fingerprint density at radius 3 is 2.37 bits per heavy atom. The van der Waals surface area contributed by atoms with Gasteiger partial charge in [-0.05, 0) is 44.1 Å². The van der Waals surface area contributed by atoms with Gasteiger partial charge in [0.2, 0.25) is 0 Å². The van der Waals surface area contributed by atoms with E-state index in [4.69, 9.17) is 4.74 Å². The van der Waals surface area contributed by atoms with Crippen molar-refractivity contribution >= 4 is 0 Å². The van der Waals surface area contributed by atoms with Crippen molar-refractivity contribution in [3.05, 3.63) is 29.8 Å². The molecule has 3 nitrogen and oxygen atoms in total. The fraction of sp³-hybridized carbons (Fsp3) is 0.562. The summed E-state index contributed by atoms with van der Waals surface area (Å²) in [5.41, 5.74) is 1.05. The van der Waals surface area contributed by atoms with Crippen LogP contribution in [0, 0.1) is 11.3 Å². The molecule has 0 fully saturated rings. The highest BCUT2D eigenvalue weighted by molar-refractivity contribution is 5.31. The highest BCUT2D eigenvalue weighted by Gasteiger charge is 2.17. The normalized spacial score (nSPS) is 12.2. The third-order valence-corrected chi connectivity index (χ3v) is 3.20. The van der Waals surface area contributed by atoms with Gasteiger partial charge in [0, 0.05) is 0 Å². The first kappa shape index (κ1) is 15.5. The molecule has 0 saturated heterocycles. The number of nitrogens with zero attached hydrogens (tertiary/aromatic N) is 2. The van der Waals surface area contributed by atoms with Gasteiger partial charge in [0.1, 0.15) is 11.8 Å². The lowest BCUT2D eigenvalue weighted by molar-refractivity contribution is 0.244. The molecular weight excluding hydrogens is 236 g/mol. The zero-order valence-corrected chi connectivity index (χ0v) is 12.2. The van der Waals surface area contributed by atoms with Crippen LogP contribution in [0.4, 0.5) is 0 Å². The number of ether oxygens (including phenoxy) is 1. The first-order valence-corrected chi connectivity index (χ1v) is 7.13. The van der Waals surface area contributed by atoms with Gasteiger partial charge in [0.25, 0.3) is 0 Å². The van der Waals surface area contributed by atoms with Gasteiger partial charge in [0.05, 0.1) is 12.7 Å². The molecule has 1 rings (SSSR count). The molecule has 1 unspecified atom stereocenters. The summed E-state index contributed by atoms with van der Waals surface area (Å²) in [7, 11) is 0. The van der Waals surface area contributed by atoms with Gasteiger partial charge in [-0.2, -0.15) is 5.26 Å². The summed E-state index contributed by atoms with van der Waals surface area (Å²) < 4.78 is 5.43. The molecule has 104 valence electrons. The minimum Gasteiger partial charge on any atom is -0.494 e. The highest BCUT2D eigenvalue weighted by Crippen LogP contribution is 2.23. The Balaban J connectivity index is 2.80. The predicted octanol–water partition coefficient (Wildman–Crippen LogP) is 3.77. The zero-order chi connectivity index (χ0) is 14.1. The first-order valence-electron chi connectivity index (χ1n) is 7.13. The number of benzene rings is 1. The van der Waals surface area contributed by atoms with Gasteiger partial charge in [-0.15, -0.1) is 0 Å². The van der Waals surface area contributed by atoms with E-state index in [1.807, 2.05) is 31.2 Å². The van der Waals surface area contributed by atoms with Gasteiger partial charge in [-0.25, -0.2) is 0 Å². The largest absolute Gasteiger partial charge is 0.494 e. The van der Waals surface area contributed by atoms with Crippen LogP contribution in [0.15, 0.2) is 24.3 Å². The molecule has 0 heterocycles. The van der Waals surface area contributed by atoms with Crippen LogP contribution in [-0.2, 0) is 0 Å². The quantitative estimate of drug-likeness (QED) is 0.714. The second-order valence-corrected chi connectivity index (χ2v) is 4.52. The fourth-order valence-electron chi connectivity index (χ4n) is 2.11. The zero-order valence-electron chi connectivity index (χ0n) is 12.2. The fourth-order valence-corrected chi connectivity index (χ4v) is 2.11. The SMILES string of the molecule is CCCCN(CC)C(C#N)c1ccc(OCC)cc1. The van der Waals surface area contributed by atoms with Gasteiger partial charge in [-0.3, -0.25) is 4.90 Å². The van der Waals surface area contributed by atoms with Gasteiger partial charge < -0.3 is 4.74 Å². The molecule has 1 aromatic carbocycles. The van der Waals surface area contributed by atoms with Crippen molar-refractivity contribution in [2.75, 3.05) is 19.7 Å². The number of hydrogen-bond acceptors (Lipinski definition) is 3. The van der Waals surface area contributed by atoms with Crippen molar-refractivity contribution in [1.82, 2.24) is 4.90 Å². The Bertz CT molecular complexity index is 394. The predicted molar refractivity (Wildman–Crippen MR) is 78.1 cm³/mol. The van der Waals surface area contributed by atoms with Crippen LogP contribution in [0.25, 0.3) is 0 Å². The van der Waals surface area contributed by atoms with Crippen molar-refractivity contribution in [3.63, 3.8) is 0 Å². The maximum absolute atomic E-state index is 9.43. The van der Waals surface area contributed by atoms with E-state index in [-0.39, 0.29) is 6.04 Å². The number of nitriles is 1. The second kappa shape index (κ2) is 8.55. The molecule has 3 heteroatoms. The van der Waals surface area contributed by atoms with Gasteiger partial charge in [0.15, 0.2) is 0 Å². The Hall–Kier alpha value is -1.53. The Kier molecular flexibility index (Phi) is 6.99. The van der Waals surface area contributed by atoms with Crippen LogP contribution in [0.1, 0.15) is 45.2 Å². The monoisotopic (exact) mass is 260 g/mol. The number of unbranched alkanes of at least 4 members (excludes halogenated alkanes) is 1. The molecule has 1 atom stereocenters. The molecule has 19 heavy (non-hydrogen) atoms. The minimum atomic E-state index is -0.160. The van der Waals surface area contributed by atoms with Crippen LogP contribution < -0.4 is 4.74 Å². The van der Waals surface area contributed by atoms with Crippen LogP contribution in [0.5, 0.6) is 5.75 Å². The standard InChI is InChI=1S/C16H24N2O/c1-4-7-12-18(5-2)16(13-17)14-8-10-15(11-9-14)19-6-3/h8-11,16H,4-7,12H2,1-3H3. The summed E-state index contributed by atoms with van der Waals surface area (Å²) in [4.78, 5) is 2.22. The van der Waals surface area contributed by atoms with E-state index in [1.165, 1.54) is 0 Å². The molecule has 0 aliphatic carbocycles. The average Bonchev–Trinajstić information content (AvgIpc) is 2.45. The van der Waals surface area contributed by atoms with E-state index in [9.17, 15) is 5.26 Å². The smallest absolute Gasteiger partial charge is 0.123 e. The number of hydrogen-bond donors (Lipinski definition) is 0. The number of rotatable bonds is 8. The van der Waals surface area contributed by atoms with Crippen LogP contribution in [0.2, 0.25) is 0 Å². The second-order valence-electron chi connectivity index (χ2n) is 4.52. The maximum Gasteiger partial charge on any atom is 0.123 e. The van der Waals surface area contributed by atoms with Crippen molar-refractivity contribution in [2.24, 2.45) is 0 Å². The van der Waals surface area contributed by atoms with E-state index in [0.717, 1.165) is 37.2 Å². The molecule has 0 amide bonds. The van der Waals surface area contributed by atoms with Crippen LogP contribution in [0.3, 0.4) is 0 Å². The van der Waals surface area contributed by atoms with Crippen molar-refractivity contribution in [2.45, 2.75) is 39.7 Å². The van der Waals surface area contributed by atoms with Gasteiger partial charge in [-0.1, -0.05) is 32.4 Å². The third-order valence-electron chi connectivity index (χ3n) is 3.20. The van der Waals surface area contributed by atoms with Crippen molar-refractivity contribution in [3.8, 4) is 11.8 Å². The third kappa shape index (κ3) is 4.57. The summed E-state index contributed by atoms with van der Waals surface area (Å²) >= 11 is 0. The lowest BCUT2D eigenvalue weighted by atomic mass is 10.1. The van der Waals surface area contributed by atoms with E-state index < -0.39 is 0 Å². The molecule has 0 aliphatic heterocycles. The molecule has 0 bridgehead atoms. The van der Waals surface area contributed by atoms with Gasteiger partial charge >= 0.3 is 0 Å². The van der Waals surface area contributed by atoms with Crippen LogP contribution in [-0.4, -0.2) is 24.6 Å². The summed E-state index contributed by atoms with van der Waals surface area (Å²) in [6.45, 7) is 8.78. The van der Waals surface area contributed by atoms with Crippen LogP contribution >= 0.6 is 0 Å². The van der Waals surface area contributed by atoms with Crippen molar-refractivity contribution < 1.29 is 4.74 Å². The molecule has 0 spiro atoms. The lowest BCUT2D eigenvalue weighted by Gasteiger charge is -2.25. The molecule has 0 saturated carbocycles. The molecular formula is C16H24N2O. The van der Waals surface area contributed by atoms with E-state index in [2.05, 4.69) is 24.8 Å². The minimum absolute atomic E-state index is 0.160. The Labute approximate surface area is 116 Å². The topological polar surface area (TPSA) is 36.3 Å². The molecule has 0 aromatic heterocycles.